The molecule has 2 aliphatic carbocycles. The standard InChI is InChI=1S/C31H44O8/c1-5-26(38-27-9-7-6-8-24(27)18(2)3)31(37)39-28-16-22(33)14-20-11-10-19(4)25(30(20)28)13-12-21(32)15-23(34)17-29(35)36/h6-11,14,18-19,21-23,25-26,28,30,32-34H,5,12-13,15-17H2,1-4H3,(H,35,36)/t19-,21+,22+,23+,25-,26?,28-,30-/m0/s1. The van der Waals surface area contributed by atoms with Crippen LogP contribution in [0.5, 0.6) is 5.75 Å². The molecule has 1 aromatic carbocycles. The molecule has 0 aliphatic heterocycles. The molecule has 4 N–H and O–H groups in total. The Morgan fingerprint density at radius 3 is 2.51 bits per heavy atom. The summed E-state index contributed by atoms with van der Waals surface area (Å²) in [7, 11) is 0. The average Bonchev–Trinajstić information content (AvgIpc) is 2.86. The first-order chi connectivity index (χ1) is 18.5. The van der Waals surface area contributed by atoms with Crippen molar-refractivity contribution >= 4 is 11.9 Å². The molecule has 8 heteroatoms. The number of aliphatic hydroxyl groups is 3. The van der Waals surface area contributed by atoms with Crippen LogP contribution in [0.1, 0.15) is 77.7 Å². The number of carbonyl (C=O) groups is 2. The van der Waals surface area contributed by atoms with Crippen LogP contribution < -0.4 is 4.74 Å². The lowest BCUT2D eigenvalue weighted by Crippen LogP contribution is -2.44. The molecule has 0 heterocycles. The number of allylic oxidation sites excluding steroid dienone is 2. The van der Waals surface area contributed by atoms with Crippen molar-refractivity contribution in [3.63, 3.8) is 0 Å². The van der Waals surface area contributed by atoms with Crippen LogP contribution in [0.4, 0.5) is 0 Å². The van der Waals surface area contributed by atoms with Gasteiger partial charge < -0.3 is 29.9 Å². The maximum absolute atomic E-state index is 13.4. The summed E-state index contributed by atoms with van der Waals surface area (Å²) < 4.78 is 12.2. The summed E-state index contributed by atoms with van der Waals surface area (Å²) in [4.78, 5) is 24.2. The van der Waals surface area contributed by atoms with E-state index in [2.05, 4.69) is 26.8 Å². The summed E-state index contributed by atoms with van der Waals surface area (Å²) in [6.07, 6.45) is 3.06. The second kappa shape index (κ2) is 14.1. The molecule has 0 saturated heterocycles. The van der Waals surface area contributed by atoms with Crippen molar-refractivity contribution in [2.75, 3.05) is 0 Å². The fraction of sp³-hybridized carbons (Fsp3) is 0.613. The maximum Gasteiger partial charge on any atom is 0.347 e. The lowest BCUT2D eigenvalue weighted by molar-refractivity contribution is -0.163. The zero-order valence-electron chi connectivity index (χ0n) is 23.4. The third-order valence-corrected chi connectivity index (χ3v) is 7.87. The Morgan fingerprint density at radius 2 is 1.85 bits per heavy atom. The van der Waals surface area contributed by atoms with Gasteiger partial charge in [-0.15, -0.1) is 0 Å². The number of hydrogen-bond donors (Lipinski definition) is 4. The van der Waals surface area contributed by atoms with E-state index >= 15 is 0 Å². The average molecular weight is 545 g/mol. The van der Waals surface area contributed by atoms with Crippen LogP contribution in [0.3, 0.4) is 0 Å². The van der Waals surface area contributed by atoms with Crippen LogP contribution in [-0.4, -0.2) is 62.9 Å². The molecule has 8 nitrogen and oxygen atoms in total. The lowest BCUT2D eigenvalue weighted by Gasteiger charge is -2.43. The summed E-state index contributed by atoms with van der Waals surface area (Å²) in [6, 6.07) is 7.67. The number of carbonyl (C=O) groups excluding carboxylic acids is 1. The highest BCUT2D eigenvalue weighted by Gasteiger charge is 2.42. The van der Waals surface area contributed by atoms with Crippen molar-refractivity contribution in [1.82, 2.24) is 0 Å². The van der Waals surface area contributed by atoms with E-state index in [-0.39, 0.29) is 36.5 Å². The second-order valence-electron chi connectivity index (χ2n) is 11.3. The molecule has 216 valence electrons. The number of aliphatic hydroxyl groups excluding tert-OH is 3. The van der Waals surface area contributed by atoms with Gasteiger partial charge in [-0.25, -0.2) is 4.79 Å². The van der Waals surface area contributed by atoms with Gasteiger partial charge in [0.1, 0.15) is 11.9 Å². The number of para-hydroxylation sites is 1. The molecular weight excluding hydrogens is 500 g/mol. The first-order valence-electron chi connectivity index (χ1n) is 14.1. The molecule has 8 atom stereocenters. The van der Waals surface area contributed by atoms with E-state index in [1.54, 1.807) is 0 Å². The Labute approximate surface area is 231 Å². The number of rotatable bonds is 13. The van der Waals surface area contributed by atoms with E-state index in [9.17, 15) is 24.9 Å². The number of carboxylic acids is 1. The fourth-order valence-corrected chi connectivity index (χ4v) is 5.83. The van der Waals surface area contributed by atoms with Crippen molar-refractivity contribution in [3.05, 3.63) is 53.6 Å². The summed E-state index contributed by atoms with van der Waals surface area (Å²) in [5.41, 5.74) is 1.93. The number of hydrogen-bond acceptors (Lipinski definition) is 7. The quantitative estimate of drug-likeness (QED) is 0.269. The number of fused-ring (bicyclic) bond motifs is 1. The van der Waals surface area contributed by atoms with Crippen molar-refractivity contribution < 1.29 is 39.5 Å². The summed E-state index contributed by atoms with van der Waals surface area (Å²) in [5.74, 6) is -0.680. The van der Waals surface area contributed by atoms with Gasteiger partial charge in [-0.3, -0.25) is 4.79 Å². The fourth-order valence-electron chi connectivity index (χ4n) is 5.83. The van der Waals surface area contributed by atoms with Gasteiger partial charge in [0, 0.05) is 12.3 Å². The van der Waals surface area contributed by atoms with Crippen LogP contribution in [0.15, 0.2) is 48.1 Å². The largest absolute Gasteiger partial charge is 0.481 e. The number of ether oxygens (including phenoxy) is 2. The molecule has 0 fully saturated rings. The van der Waals surface area contributed by atoms with E-state index in [4.69, 9.17) is 14.6 Å². The molecule has 2 aliphatic rings. The lowest BCUT2D eigenvalue weighted by atomic mass is 9.66. The van der Waals surface area contributed by atoms with Crippen LogP contribution in [0, 0.1) is 17.8 Å². The molecule has 0 radical (unpaired) electrons. The minimum atomic E-state index is -1.11. The predicted octanol–water partition coefficient (Wildman–Crippen LogP) is 4.38. The highest BCUT2D eigenvalue weighted by Crippen LogP contribution is 2.44. The van der Waals surface area contributed by atoms with Crippen LogP contribution in [0.25, 0.3) is 0 Å². The topological polar surface area (TPSA) is 134 Å². The number of carboxylic acid groups (broad SMARTS) is 1. The van der Waals surface area contributed by atoms with Crippen molar-refractivity contribution in [3.8, 4) is 5.75 Å². The maximum atomic E-state index is 13.4. The third kappa shape index (κ3) is 8.40. The van der Waals surface area contributed by atoms with Gasteiger partial charge in [0.2, 0.25) is 0 Å². The first-order valence-corrected chi connectivity index (χ1v) is 14.1. The predicted molar refractivity (Wildman–Crippen MR) is 147 cm³/mol. The van der Waals surface area contributed by atoms with Crippen LogP contribution >= 0.6 is 0 Å². The third-order valence-electron chi connectivity index (χ3n) is 7.87. The molecule has 39 heavy (non-hydrogen) atoms. The second-order valence-corrected chi connectivity index (χ2v) is 11.3. The van der Waals surface area contributed by atoms with Gasteiger partial charge >= 0.3 is 11.9 Å². The summed E-state index contributed by atoms with van der Waals surface area (Å²) in [5, 5.41) is 39.8. The zero-order chi connectivity index (χ0) is 28.7. The van der Waals surface area contributed by atoms with Crippen molar-refractivity contribution in [1.29, 1.82) is 0 Å². The van der Waals surface area contributed by atoms with Gasteiger partial charge in [-0.05, 0) is 60.6 Å². The van der Waals surface area contributed by atoms with Crippen molar-refractivity contribution in [2.45, 2.75) is 103 Å². The number of esters is 1. The van der Waals surface area contributed by atoms with Crippen LogP contribution in [-0.2, 0) is 14.3 Å². The van der Waals surface area contributed by atoms with Gasteiger partial charge in [0.15, 0.2) is 6.10 Å². The van der Waals surface area contributed by atoms with E-state index in [1.807, 2.05) is 43.3 Å². The Hall–Kier alpha value is -2.68. The van der Waals surface area contributed by atoms with Crippen LogP contribution in [0.2, 0.25) is 0 Å². The van der Waals surface area contributed by atoms with Gasteiger partial charge in [0.05, 0.1) is 24.7 Å². The SMILES string of the molecule is CCC(Oc1ccccc1C(C)C)C(=O)O[C@H]1C[C@H](O)C=C2C=C[C@H](C)[C@H](CC[C@@H](O)C[C@@H](O)CC(=O)O)[C@H]21. The van der Waals surface area contributed by atoms with E-state index in [0.29, 0.717) is 25.0 Å². The minimum absolute atomic E-state index is 0.0128. The van der Waals surface area contributed by atoms with Gasteiger partial charge in [0.25, 0.3) is 0 Å². The monoisotopic (exact) mass is 544 g/mol. The highest BCUT2D eigenvalue weighted by atomic mass is 16.6. The smallest absolute Gasteiger partial charge is 0.347 e. The molecule has 0 bridgehead atoms. The molecule has 0 saturated carbocycles. The Bertz CT molecular complexity index is 1030. The molecule has 1 unspecified atom stereocenters. The molecule has 0 spiro atoms. The highest BCUT2D eigenvalue weighted by molar-refractivity contribution is 5.75. The van der Waals surface area contributed by atoms with E-state index < -0.39 is 48.9 Å². The normalized spacial score (nSPS) is 26.8. The number of benzene rings is 1. The van der Waals surface area contributed by atoms with Crippen molar-refractivity contribution in [2.24, 2.45) is 17.8 Å². The van der Waals surface area contributed by atoms with E-state index in [0.717, 1.165) is 11.1 Å². The molecular formula is C31H44O8. The summed E-state index contributed by atoms with van der Waals surface area (Å²) in [6.45, 7) is 8.09. The zero-order valence-corrected chi connectivity index (χ0v) is 23.4. The summed E-state index contributed by atoms with van der Waals surface area (Å²) >= 11 is 0. The Morgan fingerprint density at radius 1 is 1.13 bits per heavy atom. The Kier molecular flexibility index (Phi) is 11.2. The Balaban J connectivity index is 1.73. The van der Waals surface area contributed by atoms with Gasteiger partial charge in [-0.2, -0.15) is 0 Å². The first kappa shape index (κ1) is 30.9. The molecule has 0 aromatic heterocycles. The minimum Gasteiger partial charge on any atom is -0.481 e. The number of aliphatic carboxylic acids is 1. The van der Waals surface area contributed by atoms with Gasteiger partial charge in [-0.1, -0.05) is 64.1 Å². The molecule has 1 aromatic rings. The molecule has 0 amide bonds. The molecule has 3 rings (SSSR count). The van der Waals surface area contributed by atoms with E-state index in [1.165, 1.54) is 0 Å².